The summed E-state index contributed by atoms with van der Waals surface area (Å²) in [5.41, 5.74) is 3.74. The molecule has 2 aromatic heterocycles. The van der Waals surface area contributed by atoms with E-state index < -0.39 is 6.10 Å². The van der Waals surface area contributed by atoms with E-state index in [-0.39, 0.29) is 42.0 Å². The highest BCUT2D eigenvalue weighted by Crippen LogP contribution is 2.32. The fourth-order valence-corrected chi connectivity index (χ4v) is 5.64. The molecule has 0 spiro atoms. The number of aliphatic hydroxyl groups is 1. The third-order valence-electron chi connectivity index (χ3n) is 8.04. The van der Waals surface area contributed by atoms with Crippen LogP contribution in [0.15, 0.2) is 47.4 Å². The number of fused-ring (bicyclic) bond motifs is 2. The maximum absolute atomic E-state index is 13.8. The highest BCUT2D eigenvalue weighted by molar-refractivity contribution is 6.02. The van der Waals surface area contributed by atoms with Gasteiger partial charge in [0, 0.05) is 36.5 Å². The highest BCUT2D eigenvalue weighted by atomic mass is 19.1. The van der Waals surface area contributed by atoms with Gasteiger partial charge in [0.05, 0.1) is 16.7 Å². The number of aromatic nitrogens is 3. The molecule has 10 nitrogen and oxygen atoms in total. The normalized spacial score (nSPS) is 16.8. The van der Waals surface area contributed by atoms with Gasteiger partial charge in [0.2, 0.25) is 0 Å². The molecule has 214 valence electrons. The summed E-state index contributed by atoms with van der Waals surface area (Å²) in [4.78, 5) is 41.1. The van der Waals surface area contributed by atoms with E-state index in [1.54, 1.807) is 25.1 Å². The zero-order valence-electron chi connectivity index (χ0n) is 23.0. The first-order valence-corrected chi connectivity index (χ1v) is 13.8. The number of imidazole rings is 1. The molecular weight excluding hydrogens is 527 g/mol. The van der Waals surface area contributed by atoms with E-state index in [9.17, 15) is 19.1 Å². The van der Waals surface area contributed by atoms with Crippen LogP contribution in [0.25, 0.3) is 22.4 Å². The Kier molecular flexibility index (Phi) is 7.22. The number of ether oxygens (including phenoxy) is 1. The summed E-state index contributed by atoms with van der Waals surface area (Å²) in [5, 5.41) is 13.6. The van der Waals surface area contributed by atoms with Crippen LogP contribution in [0.3, 0.4) is 0 Å². The van der Waals surface area contributed by atoms with Crippen LogP contribution in [0.4, 0.5) is 10.1 Å². The molecule has 0 unspecified atom stereocenters. The number of aromatic amines is 2. The van der Waals surface area contributed by atoms with Crippen LogP contribution in [0, 0.1) is 12.7 Å². The number of carbonyl (C=O) groups excluding carboxylic acids is 1. The molecule has 0 bridgehead atoms. The predicted octanol–water partition coefficient (Wildman–Crippen LogP) is 3.27. The van der Waals surface area contributed by atoms with Crippen molar-refractivity contribution in [1.82, 2.24) is 24.8 Å². The molecule has 1 saturated heterocycles. The number of piperidine rings is 1. The molecule has 0 aliphatic carbocycles. The van der Waals surface area contributed by atoms with Gasteiger partial charge in [0.1, 0.15) is 35.7 Å². The molecule has 11 heteroatoms. The predicted molar refractivity (Wildman–Crippen MR) is 154 cm³/mol. The molecule has 1 atom stereocenters. The average Bonchev–Trinajstić information content (AvgIpc) is 3.51. The molecule has 0 radical (unpaired) electrons. The molecule has 0 saturated carbocycles. The van der Waals surface area contributed by atoms with E-state index in [2.05, 4.69) is 32.2 Å². The first-order valence-electron chi connectivity index (χ1n) is 13.8. The molecule has 6 rings (SSSR count). The highest BCUT2D eigenvalue weighted by Gasteiger charge is 2.34. The first-order chi connectivity index (χ1) is 19.8. The van der Waals surface area contributed by atoms with Gasteiger partial charge in [-0.25, -0.2) is 9.37 Å². The maximum Gasteiger partial charge on any atom is 0.261 e. The van der Waals surface area contributed by atoms with E-state index >= 15 is 0 Å². The van der Waals surface area contributed by atoms with Crippen LogP contribution in [0.2, 0.25) is 0 Å². The molecule has 1 amide bonds. The van der Waals surface area contributed by atoms with Crippen LogP contribution in [0.5, 0.6) is 5.75 Å². The van der Waals surface area contributed by atoms with Gasteiger partial charge in [-0.05, 0) is 75.8 Å². The van der Waals surface area contributed by atoms with Crippen LogP contribution in [0.1, 0.15) is 34.3 Å². The van der Waals surface area contributed by atoms with E-state index in [1.165, 1.54) is 12.3 Å². The van der Waals surface area contributed by atoms with Gasteiger partial charge in [-0.1, -0.05) is 6.07 Å². The van der Waals surface area contributed by atoms with Crippen molar-refractivity contribution in [2.75, 3.05) is 38.6 Å². The van der Waals surface area contributed by atoms with Gasteiger partial charge in [0.15, 0.2) is 0 Å². The van der Waals surface area contributed by atoms with Gasteiger partial charge in [-0.15, -0.1) is 0 Å². The number of rotatable bonds is 8. The number of benzene rings is 2. The average molecular weight is 561 g/mol. The van der Waals surface area contributed by atoms with Crippen molar-refractivity contribution in [1.29, 1.82) is 0 Å². The van der Waals surface area contributed by atoms with Gasteiger partial charge in [0.25, 0.3) is 11.5 Å². The second kappa shape index (κ2) is 11.0. The third kappa shape index (κ3) is 5.30. The number of hydrogen-bond donors (Lipinski definition) is 4. The second-order valence-electron chi connectivity index (χ2n) is 10.9. The number of anilines is 1. The standard InChI is InChI=1S/C30H33FN6O4/c1-17-22(31)4-3-5-26(17)41-16-20(38)14-33-23-6-9-32-29(39)27(23)28-34-24-12-18-15-37(19-7-10-36(2)11-8-19)30(40)21(18)13-25(24)35-28/h3-6,9,12-13,19-20,38H,7-8,10-11,14-16H2,1-2H3,(H,34,35)(H2,32,33,39)/t20-/m1/s1. The van der Waals surface area contributed by atoms with Gasteiger partial charge >= 0.3 is 0 Å². The Hall–Kier alpha value is -4.22. The lowest BCUT2D eigenvalue weighted by Gasteiger charge is -2.34. The monoisotopic (exact) mass is 560 g/mol. The topological polar surface area (TPSA) is 127 Å². The second-order valence-corrected chi connectivity index (χ2v) is 10.9. The number of amides is 1. The van der Waals surface area contributed by atoms with Gasteiger partial charge in [-0.3, -0.25) is 9.59 Å². The molecule has 4 aromatic rings. The zero-order valence-corrected chi connectivity index (χ0v) is 23.0. The molecular formula is C30H33FN6O4. The van der Waals surface area contributed by atoms with Crippen LogP contribution >= 0.6 is 0 Å². The number of carbonyl (C=O) groups is 1. The molecule has 1 fully saturated rings. The Bertz CT molecular complexity index is 1660. The van der Waals surface area contributed by atoms with Crippen LogP contribution < -0.4 is 15.6 Å². The summed E-state index contributed by atoms with van der Waals surface area (Å²) in [6, 6.07) is 10.2. The quantitative estimate of drug-likeness (QED) is 0.261. The third-order valence-corrected chi connectivity index (χ3v) is 8.04. The molecule has 4 N–H and O–H groups in total. The number of likely N-dealkylation sites (tertiary alicyclic amines) is 1. The minimum Gasteiger partial charge on any atom is -0.490 e. The summed E-state index contributed by atoms with van der Waals surface area (Å²) in [6.07, 6.45) is 2.52. The summed E-state index contributed by atoms with van der Waals surface area (Å²) in [6.45, 7) is 4.17. The minimum atomic E-state index is -0.929. The Morgan fingerprint density at radius 1 is 1.22 bits per heavy atom. The molecule has 2 aliphatic rings. The van der Waals surface area contributed by atoms with E-state index in [0.717, 1.165) is 37.0 Å². The Morgan fingerprint density at radius 3 is 2.83 bits per heavy atom. The maximum atomic E-state index is 13.8. The summed E-state index contributed by atoms with van der Waals surface area (Å²) in [5.74, 6) is 0.376. The first kappa shape index (κ1) is 27.0. The number of nitrogens with one attached hydrogen (secondary N) is 3. The van der Waals surface area contributed by atoms with Gasteiger partial charge in [-0.2, -0.15) is 0 Å². The zero-order chi connectivity index (χ0) is 28.7. The van der Waals surface area contributed by atoms with E-state index in [0.29, 0.717) is 40.4 Å². The Morgan fingerprint density at radius 2 is 2.02 bits per heavy atom. The Labute approximate surface area is 236 Å². The number of halogens is 1. The number of nitrogens with zero attached hydrogens (tertiary/aromatic N) is 3. The van der Waals surface area contributed by atoms with E-state index in [1.807, 2.05) is 17.0 Å². The lowest BCUT2D eigenvalue weighted by Crippen LogP contribution is -2.43. The fraction of sp³-hybridized carbons (Fsp3) is 0.367. The van der Waals surface area contributed by atoms with Crippen molar-refractivity contribution in [3.63, 3.8) is 0 Å². The van der Waals surface area contributed by atoms with Crippen molar-refractivity contribution >= 4 is 22.6 Å². The minimum absolute atomic E-state index is 0.0329. The number of hydrogen-bond acceptors (Lipinski definition) is 7. The lowest BCUT2D eigenvalue weighted by atomic mass is 10.0. The molecule has 4 heterocycles. The van der Waals surface area contributed by atoms with Crippen molar-refractivity contribution < 1.29 is 19.0 Å². The van der Waals surface area contributed by atoms with Gasteiger partial charge < -0.3 is 34.9 Å². The number of pyridine rings is 1. The number of aliphatic hydroxyl groups excluding tert-OH is 1. The lowest BCUT2D eigenvalue weighted by molar-refractivity contribution is 0.0617. The largest absolute Gasteiger partial charge is 0.490 e. The summed E-state index contributed by atoms with van der Waals surface area (Å²) >= 11 is 0. The summed E-state index contributed by atoms with van der Waals surface area (Å²) < 4.78 is 19.4. The van der Waals surface area contributed by atoms with Crippen molar-refractivity contribution in [2.45, 2.75) is 38.5 Å². The smallest absolute Gasteiger partial charge is 0.261 e. The number of H-pyrrole nitrogens is 2. The van der Waals surface area contributed by atoms with Crippen molar-refractivity contribution in [3.05, 3.63) is 75.5 Å². The van der Waals surface area contributed by atoms with Crippen molar-refractivity contribution in [2.24, 2.45) is 0 Å². The molecule has 41 heavy (non-hydrogen) atoms. The Balaban J connectivity index is 1.18. The van der Waals surface area contributed by atoms with Crippen LogP contribution in [-0.4, -0.2) is 81.2 Å². The van der Waals surface area contributed by atoms with E-state index in [4.69, 9.17) is 4.74 Å². The van der Waals surface area contributed by atoms with Crippen molar-refractivity contribution in [3.8, 4) is 17.1 Å². The molecule has 2 aliphatic heterocycles. The summed E-state index contributed by atoms with van der Waals surface area (Å²) in [7, 11) is 2.11. The fourth-order valence-electron chi connectivity index (χ4n) is 5.64. The molecule has 2 aromatic carbocycles. The van der Waals surface area contributed by atoms with Crippen LogP contribution in [-0.2, 0) is 6.54 Å². The SMILES string of the molecule is Cc1c(F)cccc1OC[C@H](O)CNc1cc[nH]c(=O)c1-c1nc2cc3c(cc2[nH]1)CN(C1CCN(C)CC1)C3=O.